The summed E-state index contributed by atoms with van der Waals surface area (Å²) < 4.78 is 4.70. The second-order valence-electron chi connectivity index (χ2n) is 5.90. The number of nitrogens with zero attached hydrogens (tertiary/aromatic N) is 2. The molecule has 1 saturated heterocycles. The Morgan fingerprint density at radius 3 is 2.65 bits per heavy atom. The largest absolute Gasteiger partial charge is 0.464 e. The molecule has 0 unspecified atom stereocenters. The molecule has 136 valence electrons. The van der Waals surface area contributed by atoms with Gasteiger partial charge in [-0.25, -0.2) is 14.7 Å². The highest BCUT2D eigenvalue weighted by Crippen LogP contribution is 2.35. The number of anilines is 1. The summed E-state index contributed by atoms with van der Waals surface area (Å²) in [5, 5.41) is 1.78. The molecule has 3 rings (SSSR count). The smallest absolute Gasteiger partial charge is 0.356 e. The molecular formula is C17H16ClN3O5. The first-order valence-electron chi connectivity index (χ1n) is 7.84. The van der Waals surface area contributed by atoms with Crippen molar-refractivity contribution >= 4 is 40.9 Å². The quantitative estimate of drug-likeness (QED) is 0.599. The number of fused-ring (bicyclic) bond motifs is 1. The lowest BCUT2D eigenvalue weighted by molar-refractivity contribution is -0.137. The van der Waals surface area contributed by atoms with Crippen molar-refractivity contribution in [3.05, 3.63) is 40.6 Å². The number of benzene rings is 1. The third-order valence-corrected chi connectivity index (χ3v) is 4.39. The number of hydrogen-bond donors (Lipinski definition) is 1. The lowest BCUT2D eigenvalue weighted by Gasteiger charge is -2.23. The van der Waals surface area contributed by atoms with Crippen LogP contribution in [0, 0.1) is 0 Å². The van der Waals surface area contributed by atoms with E-state index >= 15 is 0 Å². The Morgan fingerprint density at radius 2 is 2.04 bits per heavy atom. The highest BCUT2D eigenvalue weighted by atomic mass is 35.5. The minimum Gasteiger partial charge on any atom is -0.464 e. The first kappa shape index (κ1) is 18.1. The van der Waals surface area contributed by atoms with Gasteiger partial charge in [0, 0.05) is 18.0 Å². The van der Waals surface area contributed by atoms with Gasteiger partial charge in [0.05, 0.1) is 18.4 Å². The van der Waals surface area contributed by atoms with Crippen LogP contribution in [-0.2, 0) is 23.9 Å². The molecule has 1 fully saturated rings. The number of Topliss-reactive ketones (excluding diaryl/α,β-unsaturated/α-hetero) is 1. The van der Waals surface area contributed by atoms with Crippen LogP contribution in [0.3, 0.4) is 0 Å². The van der Waals surface area contributed by atoms with Gasteiger partial charge in [0.1, 0.15) is 17.5 Å². The summed E-state index contributed by atoms with van der Waals surface area (Å²) in [5.41, 5.74) is 2.96. The molecule has 0 radical (unpaired) electrons. The van der Waals surface area contributed by atoms with Crippen molar-refractivity contribution in [3.63, 3.8) is 0 Å². The Hall–Kier alpha value is -2.71. The molecule has 0 bridgehead atoms. The number of hydrogen-bond acceptors (Lipinski definition) is 7. The van der Waals surface area contributed by atoms with Crippen molar-refractivity contribution in [2.45, 2.75) is 19.4 Å². The number of carbonyl (C=O) groups excluding carboxylic acids is 4. The molecular weight excluding hydrogens is 362 g/mol. The maximum absolute atomic E-state index is 12.9. The van der Waals surface area contributed by atoms with Crippen LogP contribution in [0.25, 0.3) is 0 Å². The predicted octanol–water partition coefficient (Wildman–Crippen LogP) is 0.808. The molecule has 0 aliphatic carbocycles. The van der Waals surface area contributed by atoms with E-state index in [-0.39, 0.29) is 30.0 Å². The van der Waals surface area contributed by atoms with Crippen molar-refractivity contribution in [1.82, 2.24) is 10.4 Å². The maximum atomic E-state index is 12.9. The van der Waals surface area contributed by atoms with Gasteiger partial charge in [-0.05, 0) is 25.1 Å². The van der Waals surface area contributed by atoms with Crippen molar-refractivity contribution in [2.75, 3.05) is 18.6 Å². The average Bonchev–Trinajstić information content (AvgIpc) is 3.09. The second kappa shape index (κ2) is 6.89. The highest BCUT2D eigenvalue weighted by molar-refractivity contribution is 6.34. The summed E-state index contributed by atoms with van der Waals surface area (Å²) >= 11 is 5.96. The van der Waals surface area contributed by atoms with Crippen molar-refractivity contribution < 1.29 is 23.9 Å². The number of imide groups is 1. The zero-order valence-corrected chi connectivity index (χ0v) is 14.9. The van der Waals surface area contributed by atoms with E-state index in [1.807, 2.05) is 0 Å². The Labute approximate surface area is 154 Å². The lowest BCUT2D eigenvalue weighted by Crippen LogP contribution is -2.47. The van der Waals surface area contributed by atoms with Crippen molar-refractivity contribution in [3.8, 4) is 0 Å². The van der Waals surface area contributed by atoms with Gasteiger partial charge < -0.3 is 10.2 Å². The van der Waals surface area contributed by atoms with Crippen molar-refractivity contribution in [1.29, 1.82) is 0 Å². The Bertz CT molecular complexity index is 851. The molecule has 1 aromatic rings. The summed E-state index contributed by atoms with van der Waals surface area (Å²) in [4.78, 5) is 50.1. The van der Waals surface area contributed by atoms with Crippen LogP contribution in [0.1, 0.15) is 13.3 Å². The number of nitrogens with one attached hydrogen (secondary N) is 1. The normalized spacial score (nSPS) is 19.7. The van der Waals surface area contributed by atoms with Gasteiger partial charge in [0.15, 0.2) is 0 Å². The van der Waals surface area contributed by atoms with Gasteiger partial charge in [0.2, 0.25) is 0 Å². The molecule has 1 aromatic carbocycles. The molecule has 0 saturated carbocycles. The number of ether oxygens (including phenoxy) is 1. The summed E-state index contributed by atoms with van der Waals surface area (Å²) in [6.07, 6.45) is 0.157. The summed E-state index contributed by atoms with van der Waals surface area (Å²) in [5.74, 6) is -1.99. The molecule has 2 aliphatic heterocycles. The first-order valence-corrected chi connectivity index (χ1v) is 8.22. The zero-order chi connectivity index (χ0) is 19.0. The van der Waals surface area contributed by atoms with E-state index in [1.54, 1.807) is 18.2 Å². The fourth-order valence-corrected chi connectivity index (χ4v) is 3.15. The number of esters is 1. The van der Waals surface area contributed by atoms with E-state index < -0.39 is 23.8 Å². The zero-order valence-electron chi connectivity index (χ0n) is 14.1. The molecule has 0 spiro atoms. The number of ketones is 1. The third kappa shape index (κ3) is 2.97. The monoisotopic (exact) mass is 377 g/mol. The van der Waals surface area contributed by atoms with Gasteiger partial charge in [-0.15, -0.1) is 0 Å². The number of carbonyl (C=O) groups is 4. The minimum absolute atomic E-state index is 0.00498. The number of hydrazine groups is 1. The SMILES string of the molecule is COC(=O)C1=C2C(=O)N(c3cccc(Cl)c3)C(=O)[C@@H]2N(CCC(C)=O)N1. The Balaban J connectivity index is 2.02. The molecule has 2 aliphatic rings. The lowest BCUT2D eigenvalue weighted by atomic mass is 10.1. The van der Waals surface area contributed by atoms with Gasteiger partial charge in [-0.3, -0.25) is 14.4 Å². The van der Waals surface area contributed by atoms with Gasteiger partial charge in [-0.2, -0.15) is 0 Å². The van der Waals surface area contributed by atoms with Crippen LogP contribution in [-0.4, -0.2) is 48.3 Å². The molecule has 8 nitrogen and oxygen atoms in total. The Kier molecular flexibility index (Phi) is 4.80. The minimum atomic E-state index is -1.00. The van der Waals surface area contributed by atoms with E-state index in [2.05, 4.69) is 5.43 Å². The van der Waals surface area contributed by atoms with Gasteiger partial charge in [-0.1, -0.05) is 17.7 Å². The number of halogens is 1. The summed E-state index contributed by atoms with van der Waals surface area (Å²) in [6.45, 7) is 1.58. The van der Waals surface area contributed by atoms with E-state index in [0.717, 1.165) is 4.90 Å². The van der Waals surface area contributed by atoms with Crippen molar-refractivity contribution in [2.24, 2.45) is 0 Å². The third-order valence-electron chi connectivity index (χ3n) is 4.16. The molecule has 9 heteroatoms. The summed E-state index contributed by atoms with van der Waals surface area (Å²) in [6, 6.07) is 5.30. The fraction of sp³-hybridized carbons (Fsp3) is 0.294. The van der Waals surface area contributed by atoms with Crippen LogP contribution in [0.15, 0.2) is 35.5 Å². The standard InChI is InChI=1S/C17H16ClN3O5/c1-9(22)6-7-20-14-12(13(19-20)17(25)26-2)15(23)21(16(14)24)11-5-3-4-10(18)8-11/h3-5,8,14,19H,6-7H2,1-2H3/t14-/m1/s1. The van der Waals surface area contributed by atoms with Crippen LogP contribution in [0.4, 0.5) is 5.69 Å². The van der Waals surface area contributed by atoms with E-state index in [1.165, 1.54) is 25.1 Å². The van der Waals surface area contributed by atoms with E-state index in [9.17, 15) is 19.2 Å². The molecule has 1 N–H and O–H groups in total. The molecule has 1 atom stereocenters. The predicted molar refractivity (Wildman–Crippen MR) is 91.9 cm³/mol. The Morgan fingerprint density at radius 1 is 1.31 bits per heavy atom. The van der Waals surface area contributed by atoms with Gasteiger partial charge in [0.25, 0.3) is 11.8 Å². The van der Waals surface area contributed by atoms with Crippen LogP contribution in [0.2, 0.25) is 5.02 Å². The molecule has 26 heavy (non-hydrogen) atoms. The first-order chi connectivity index (χ1) is 12.3. The number of rotatable bonds is 5. The molecule has 2 amide bonds. The number of amides is 2. The van der Waals surface area contributed by atoms with E-state index in [0.29, 0.717) is 10.7 Å². The molecule has 0 aromatic heterocycles. The fourth-order valence-electron chi connectivity index (χ4n) is 2.96. The van der Waals surface area contributed by atoms with Crippen LogP contribution >= 0.6 is 11.6 Å². The maximum Gasteiger partial charge on any atom is 0.356 e. The van der Waals surface area contributed by atoms with Gasteiger partial charge >= 0.3 is 5.97 Å². The summed E-state index contributed by atoms with van der Waals surface area (Å²) in [7, 11) is 1.18. The highest BCUT2D eigenvalue weighted by Gasteiger charge is 2.54. The molecule has 2 heterocycles. The van der Waals surface area contributed by atoms with Crippen LogP contribution < -0.4 is 10.3 Å². The second-order valence-corrected chi connectivity index (χ2v) is 6.34. The van der Waals surface area contributed by atoms with Crippen LogP contribution in [0.5, 0.6) is 0 Å². The van der Waals surface area contributed by atoms with E-state index in [4.69, 9.17) is 16.3 Å². The average molecular weight is 378 g/mol. The topological polar surface area (TPSA) is 96.0 Å². The number of methoxy groups -OCH3 is 1.